The van der Waals surface area contributed by atoms with E-state index in [1.807, 2.05) is 13.0 Å². The summed E-state index contributed by atoms with van der Waals surface area (Å²) < 4.78 is 5.41. The van der Waals surface area contributed by atoms with Crippen LogP contribution >= 0.6 is 0 Å². The number of aliphatic hydroxyl groups is 1. The quantitative estimate of drug-likeness (QED) is 0.859. The second-order valence-corrected chi connectivity index (χ2v) is 5.02. The summed E-state index contributed by atoms with van der Waals surface area (Å²) in [5.74, 6) is 0.246. The number of aliphatic hydroxyl groups excluding tert-OH is 1. The molecule has 0 aliphatic carbocycles. The van der Waals surface area contributed by atoms with Crippen molar-refractivity contribution in [2.75, 3.05) is 11.9 Å². The molecule has 0 saturated heterocycles. The van der Waals surface area contributed by atoms with Gasteiger partial charge in [-0.3, -0.25) is 4.79 Å². The number of nitriles is 1. The van der Waals surface area contributed by atoms with Gasteiger partial charge in [-0.05, 0) is 42.3 Å². The minimum Gasteiger partial charge on any atom is -0.484 e. The highest BCUT2D eigenvalue weighted by atomic mass is 16.5. The first-order chi connectivity index (χ1) is 11.1. The highest BCUT2D eigenvalue weighted by Gasteiger charge is 2.07. The average molecular weight is 310 g/mol. The minimum atomic E-state index is -0.486. The van der Waals surface area contributed by atoms with Gasteiger partial charge < -0.3 is 15.2 Å². The van der Waals surface area contributed by atoms with Crippen LogP contribution in [0.1, 0.15) is 30.6 Å². The fourth-order valence-electron chi connectivity index (χ4n) is 2.03. The van der Waals surface area contributed by atoms with Crippen molar-refractivity contribution in [3.05, 3.63) is 59.7 Å². The molecular formula is C18H18N2O3. The topological polar surface area (TPSA) is 82.3 Å². The molecular weight excluding hydrogens is 292 g/mol. The maximum absolute atomic E-state index is 11.8. The minimum absolute atomic E-state index is 0.132. The highest BCUT2D eigenvalue weighted by Crippen LogP contribution is 2.19. The summed E-state index contributed by atoms with van der Waals surface area (Å²) in [5.41, 5.74) is 1.85. The number of carbonyl (C=O) groups excluding carboxylic acids is 1. The first kappa shape index (κ1) is 16.5. The van der Waals surface area contributed by atoms with Crippen LogP contribution in [0.5, 0.6) is 5.75 Å². The second-order valence-electron chi connectivity index (χ2n) is 5.02. The molecule has 0 saturated carbocycles. The zero-order valence-corrected chi connectivity index (χ0v) is 12.8. The Balaban J connectivity index is 1.88. The maximum Gasteiger partial charge on any atom is 0.262 e. The van der Waals surface area contributed by atoms with E-state index in [2.05, 4.69) is 5.32 Å². The summed E-state index contributed by atoms with van der Waals surface area (Å²) in [4.78, 5) is 11.8. The SMILES string of the molecule is CCC(O)c1ccc(OCC(=O)Nc2cccc(C#N)c2)cc1. The number of amides is 1. The molecule has 2 N–H and O–H groups in total. The Morgan fingerprint density at radius 3 is 2.70 bits per heavy atom. The van der Waals surface area contributed by atoms with Gasteiger partial charge in [0.2, 0.25) is 0 Å². The summed E-state index contributed by atoms with van der Waals surface area (Å²) in [6.07, 6.45) is 0.157. The predicted octanol–water partition coefficient (Wildman–Crippen LogP) is 3.02. The molecule has 0 spiro atoms. The molecule has 0 fully saturated rings. The third kappa shape index (κ3) is 4.83. The van der Waals surface area contributed by atoms with Gasteiger partial charge in [0, 0.05) is 5.69 Å². The Labute approximate surface area is 135 Å². The van der Waals surface area contributed by atoms with Crippen LogP contribution in [-0.4, -0.2) is 17.6 Å². The molecule has 5 heteroatoms. The number of ether oxygens (including phenoxy) is 1. The van der Waals surface area contributed by atoms with Crippen molar-refractivity contribution in [1.82, 2.24) is 0 Å². The number of anilines is 1. The van der Waals surface area contributed by atoms with E-state index in [1.54, 1.807) is 48.5 Å². The van der Waals surface area contributed by atoms with Crippen LogP contribution in [0.4, 0.5) is 5.69 Å². The van der Waals surface area contributed by atoms with Crippen molar-refractivity contribution in [3.8, 4) is 11.8 Å². The molecule has 5 nitrogen and oxygen atoms in total. The molecule has 1 unspecified atom stereocenters. The van der Waals surface area contributed by atoms with Crippen molar-refractivity contribution in [2.45, 2.75) is 19.4 Å². The largest absolute Gasteiger partial charge is 0.484 e. The third-order valence-corrected chi connectivity index (χ3v) is 3.30. The second kappa shape index (κ2) is 7.97. The first-order valence-electron chi connectivity index (χ1n) is 7.33. The summed E-state index contributed by atoms with van der Waals surface area (Å²) in [5, 5.41) is 21.2. The fourth-order valence-corrected chi connectivity index (χ4v) is 2.03. The van der Waals surface area contributed by atoms with Crippen molar-refractivity contribution in [1.29, 1.82) is 5.26 Å². The predicted molar refractivity (Wildman–Crippen MR) is 87.0 cm³/mol. The lowest BCUT2D eigenvalue weighted by Gasteiger charge is -2.10. The monoisotopic (exact) mass is 310 g/mol. The van der Waals surface area contributed by atoms with Crippen LogP contribution < -0.4 is 10.1 Å². The van der Waals surface area contributed by atoms with Crippen molar-refractivity contribution < 1.29 is 14.6 Å². The number of hydrogen-bond donors (Lipinski definition) is 2. The molecule has 0 bridgehead atoms. The van der Waals surface area contributed by atoms with Crippen LogP contribution in [0, 0.1) is 11.3 Å². The number of nitrogens with zero attached hydrogens (tertiary/aromatic N) is 1. The van der Waals surface area contributed by atoms with Gasteiger partial charge in [-0.2, -0.15) is 5.26 Å². The Morgan fingerprint density at radius 1 is 1.30 bits per heavy atom. The van der Waals surface area contributed by atoms with Gasteiger partial charge in [0.1, 0.15) is 5.75 Å². The Hall–Kier alpha value is -2.84. The molecule has 2 aromatic rings. The molecule has 0 radical (unpaired) electrons. The van der Waals surface area contributed by atoms with E-state index in [1.165, 1.54) is 0 Å². The zero-order valence-electron chi connectivity index (χ0n) is 12.8. The number of hydrogen-bond acceptors (Lipinski definition) is 4. The van der Waals surface area contributed by atoms with E-state index in [-0.39, 0.29) is 12.5 Å². The zero-order chi connectivity index (χ0) is 16.7. The molecule has 0 aliphatic heterocycles. The van der Waals surface area contributed by atoms with E-state index < -0.39 is 6.10 Å². The van der Waals surface area contributed by atoms with Gasteiger partial charge in [-0.15, -0.1) is 0 Å². The fraction of sp³-hybridized carbons (Fsp3) is 0.222. The first-order valence-corrected chi connectivity index (χ1v) is 7.33. The van der Waals surface area contributed by atoms with Gasteiger partial charge in [0.25, 0.3) is 5.91 Å². The van der Waals surface area contributed by atoms with Gasteiger partial charge in [-0.25, -0.2) is 0 Å². The van der Waals surface area contributed by atoms with Gasteiger partial charge in [0.05, 0.1) is 17.7 Å². The van der Waals surface area contributed by atoms with Crippen LogP contribution in [0.25, 0.3) is 0 Å². The number of nitrogens with one attached hydrogen (secondary N) is 1. The van der Waals surface area contributed by atoms with E-state index in [0.717, 1.165) is 5.56 Å². The van der Waals surface area contributed by atoms with Gasteiger partial charge >= 0.3 is 0 Å². The molecule has 2 rings (SSSR count). The molecule has 0 aromatic heterocycles. The van der Waals surface area contributed by atoms with E-state index in [9.17, 15) is 9.90 Å². The maximum atomic E-state index is 11.8. The molecule has 1 atom stereocenters. The molecule has 118 valence electrons. The van der Waals surface area contributed by atoms with Crippen LogP contribution in [-0.2, 0) is 4.79 Å². The summed E-state index contributed by atoms with van der Waals surface area (Å²) in [6, 6.07) is 15.7. The average Bonchev–Trinajstić information content (AvgIpc) is 2.60. The number of benzene rings is 2. The Bertz CT molecular complexity index is 705. The van der Waals surface area contributed by atoms with Gasteiger partial charge in [-0.1, -0.05) is 25.1 Å². The van der Waals surface area contributed by atoms with E-state index >= 15 is 0 Å². The lowest BCUT2D eigenvalue weighted by molar-refractivity contribution is -0.118. The summed E-state index contributed by atoms with van der Waals surface area (Å²) in [7, 11) is 0. The lowest BCUT2D eigenvalue weighted by Crippen LogP contribution is -2.20. The lowest BCUT2D eigenvalue weighted by atomic mass is 10.1. The third-order valence-electron chi connectivity index (χ3n) is 3.30. The normalized spacial score (nSPS) is 11.3. The number of rotatable bonds is 6. The molecule has 1 amide bonds. The number of carbonyl (C=O) groups is 1. The molecule has 0 heterocycles. The standard InChI is InChI=1S/C18H18N2O3/c1-2-17(21)14-6-8-16(9-7-14)23-12-18(22)20-15-5-3-4-13(10-15)11-19/h3-10,17,21H,2,12H2,1H3,(H,20,22). The van der Waals surface area contributed by atoms with Crippen molar-refractivity contribution >= 4 is 11.6 Å². The molecule has 23 heavy (non-hydrogen) atoms. The summed E-state index contributed by atoms with van der Waals surface area (Å²) >= 11 is 0. The smallest absolute Gasteiger partial charge is 0.262 e. The Morgan fingerprint density at radius 2 is 2.04 bits per heavy atom. The van der Waals surface area contributed by atoms with Crippen molar-refractivity contribution in [3.63, 3.8) is 0 Å². The van der Waals surface area contributed by atoms with Crippen LogP contribution in [0.15, 0.2) is 48.5 Å². The van der Waals surface area contributed by atoms with Gasteiger partial charge in [0.15, 0.2) is 6.61 Å². The van der Waals surface area contributed by atoms with Crippen molar-refractivity contribution in [2.24, 2.45) is 0 Å². The Kier molecular flexibility index (Phi) is 5.73. The van der Waals surface area contributed by atoms with Crippen LogP contribution in [0.3, 0.4) is 0 Å². The summed E-state index contributed by atoms with van der Waals surface area (Å²) in [6.45, 7) is 1.77. The highest BCUT2D eigenvalue weighted by molar-refractivity contribution is 5.92. The van der Waals surface area contributed by atoms with E-state index in [4.69, 9.17) is 10.00 Å². The molecule has 2 aromatic carbocycles. The van der Waals surface area contributed by atoms with E-state index in [0.29, 0.717) is 23.4 Å². The molecule has 0 aliphatic rings. The van der Waals surface area contributed by atoms with Crippen LogP contribution in [0.2, 0.25) is 0 Å².